The van der Waals surface area contributed by atoms with Crippen LogP contribution < -0.4 is 15.4 Å². The van der Waals surface area contributed by atoms with Gasteiger partial charge in [-0.2, -0.15) is 0 Å². The number of hydrogen-bond acceptors (Lipinski definition) is 5. The number of anilines is 2. The van der Waals surface area contributed by atoms with Gasteiger partial charge >= 0.3 is 6.36 Å². The zero-order valence-corrected chi connectivity index (χ0v) is 17.7. The van der Waals surface area contributed by atoms with E-state index in [-0.39, 0.29) is 23.1 Å². The molecule has 0 aliphatic carbocycles. The Morgan fingerprint density at radius 2 is 1.94 bits per heavy atom. The maximum Gasteiger partial charge on any atom is 0.573 e. The summed E-state index contributed by atoms with van der Waals surface area (Å²) in [6, 6.07) is 7.44. The molecule has 0 radical (unpaired) electrons. The molecular formula is C22H24F3N5O2. The summed E-state index contributed by atoms with van der Waals surface area (Å²) in [7, 11) is 3.88. The van der Waals surface area contributed by atoms with E-state index in [0.717, 1.165) is 41.8 Å². The number of pyridine rings is 1. The van der Waals surface area contributed by atoms with Crippen molar-refractivity contribution in [3.63, 3.8) is 0 Å². The summed E-state index contributed by atoms with van der Waals surface area (Å²) in [5, 5.41) is 1.07. The molecule has 1 saturated heterocycles. The Hall–Kier alpha value is -3.43. The number of H-pyrrole nitrogens is 1. The molecule has 0 bridgehead atoms. The highest BCUT2D eigenvalue weighted by molar-refractivity contribution is 5.99. The first-order chi connectivity index (χ1) is 15.1. The van der Waals surface area contributed by atoms with Crippen LogP contribution in [0.3, 0.4) is 0 Å². The molecule has 2 aromatic heterocycles. The number of hydrogen-bond donors (Lipinski definition) is 2. The third kappa shape index (κ3) is 4.44. The van der Waals surface area contributed by atoms with Gasteiger partial charge in [-0.15, -0.1) is 13.2 Å². The molecule has 7 nitrogen and oxygen atoms in total. The van der Waals surface area contributed by atoms with Gasteiger partial charge in [-0.25, -0.2) is 4.98 Å². The van der Waals surface area contributed by atoms with Crippen LogP contribution in [0.15, 0.2) is 36.5 Å². The maximum atomic E-state index is 12.9. The van der Waals surface area contributed by atoms with Crippen LogP contribution in [0.4, 0.5) is 24.7 Å². The first-order valence-electron chi connectivity index (χ1n) is 10.2. The van der Waals surface area contributed by atoms with Gasteiger partial charge in [0.2, 0.25) is 0 Å². The van der Waals surface area contributed by atoms with Crippen LogP contribution in [-0.2, 0) is 0 Å². The second kappa shape index (κ2) is 8.25. The number of fused-ring (bicyclic) bond motifs is 1. The Bertz CT molecular complexity index is 1130. The van der Waals surface area contributed by atoms with Gasteiger partial charge in [0.15, 0.2) is 0 Å². The van der Waals surface area contributed by atoms with E-state index >= 15 is 0 Å². The van der Waals surface area contributed by atoms with Crippen LogP contribution in [0.1, 0.15) is 34.7 Å². The molecule has 3 N–H and O–H groups in total. The predicted molar refractivity (Wildman–Crippen MR) is 116 cm³/mol. The fourth-order valence-corrected chi connectivity index (χ4v) is 4.10. The second-order valence-electron chi connectivity index (χ2n) is 8.07. The van der Waals surface area contributed by atoms with Crippen molar-refractivity contribution < 1.29 is 22.7 Å². The number of alkyl halides is 3. The lowest BCUT2D eigenvalue weighted by atomic mass is 9.89. The van der Waals surface area contributed by atoms with Crippen LogP contribution in [0.2, 0.25) is 0 Å². The van der Waals surface area contributed by atoms with Crippen molar-refractivity contribution in [2.75, 3.05) is 37.8 Å². The van der Waals surface area contributed by atoms with E-state index in [0.29, 0.717) is 13.1 Å². The Kier molecular flexibility index (Phi) is 5.62. The van der Waals surface area contributed by atoms with Gasteiger partial charge in [-0.1, -0.05) is 0 Å². The number of nitrogens with one attached hydrogen (secondary N) is 1. The zero-order valence-electron chi connectivity index (χ0n) is 17.7. The molecule has 32 heavy (non-hydrogen) atoms. The van der Waals surface area contributed by atoms with Crippen molar-refractivity contribution in [1.29, 1.82) is 0 Å². The predicted octanol–water partition coefficient (Wildman–Crippen LogP) is 4.13. The molecule has 0 unspecified atom stereocenters. The van der Waals surface area contributed by atoms with Gasteiger partial charge in [0.05, 0.1) is 5.56 Å². The van der Waals surface area contributed by atoms with Crippen LogP contribution in [0, 0.1) is 0 Å². The third-order valence-electron chi connectivity index (χ3n) is 5.72. The molecule has 1 aliphatic rings. The highest BCUT2D eigenvalue weighted by atomic mass is 19.4. The normalized spacial score (nSPS) is 15.2. The van der Waals surface area contributed by atoms with Crippen molar-refractivity contribution in [3.8, 4) is 5.75 Å². The Morgan fingerprint density at radius 1 is 1.22 bits per heavy atom. The molecule has 10 heteroatoms. The maximum absolute atomic E-state index is 12.9. The molecular weight excluding hydrogens is 423 g/mol. The van der Waals surface area contributed by atoms with Crippen LogP contribution >= 0.6 is 0 Å². The Morgan fingerprint density at radius 3 is 2.56 bits per heavy atom. The van der Waals surface area contributed by atoms with Crippen LogP contribution in [-0.4, -0.2) is 54.3 Å². The summed E-state index contributed by atoms with van der Waals surface area (Å²) in [6.45, 7) is 1.05. The summed E-state index contributed by atoms with van der Waals surface area (Å²) in [5.41, 5.74) is 7.98. The van der Waals surface area contributed by atoms with E-state index in [9.17, 15) is 18.0 Å². The summed E-state index contributed by atoms with van der Waals surface area (Å²) in [5.74, 6) is 0.404. The highest BCUT2D eigenvalue weighted by Crippen LogP contribution is 2.34. The van der Waals surface area contributed by atoms with Gasteiger partial charge in [0.25, 0.3) is 5.91 Å². The smallest absolute Gasteiger partial charge is 0.406 e. The number of benzene rings is 1. The van der Waals surface area contributed by atoms with Gasteiger partial charge in [0, 0.05) is 50.5 Å². The number of aromatic amines is 1. The number of aromatic nitrogens is 2. The number of halogens is 3. The van der Waals surface area contributed by atoms with E-state index < -0.39 is 12.1 Å². The van der Waals surface area contributed by atoms with Crippen molar-refractivity contribution in [2.45, 2.75) is 25.1 Å². The number of carbonyl (C=O) groups is 1. The Labute approximate surface area is 183 Å². The fraction of sp³-hybridized carbons (Fsp3) is 0.364. The molecule has 0 atom stereocenters. The minimum Gasteiger partial charge on any atom is -0.406 e. The molecule has 170 valence electrons. The van der Waals surface area contributed by atoms with Crippen molar-refractivity contribution >= 4 is 28.4 Å². The second-order valence-corrected chi connectivity index (χ2v) is 8.07. The molecule has 3 heterocycles. The van der Waals surface area contributed by atoms with E-state index in [1.54, 1.807) is 4.90 Å². The molecule has 1 amide bonds. The number of piperidine rings is 1. The number of nitrogen functional groups attached to an aromatic ring is 1. The van der Waals surface area contributed by atoms with Crippen molar-refractivity contribution in [1.82, 2.24) is 14.9 Å². The van der Waals surface area contributed by atoms with Crippen molar-refractivity contribution in [3.05, 3.63) is 47.7 Å². The molecule has 0 saturated carbocycles. The number of carbonyl (C=O) groups excluding carboxylic acids is 1. The lowest BCUT2D eigenvalue weighted by molar-refractivity contribution is -0.274. The number of nitrogens with zero attached hydrogens (tertiary/aromatic N) is 3. The quantitative estimate of drug-likeness (QED) is 0.588. The molecule has 1 fully saturated rings. The van der Waals surface area contributed by atoms with Gasteiger partial charge in [0.1, 0.15) is 17.2 Å². The van der Waals surface area contributed by atoms with Crippen molar-refractivity contribution in [2.24, 2.45) is 0 Å². The number of likely N-dealkylation sites (tertiary alicyclic amines) is 1. The standard InChI is InChI=1S/C22H24F3N5O2/c1-29(2)19-6-5-15-17(12-27-20(15)28-19)13-7-9-30(10-8-13)21(31)16-4-3-14(11-18(16)26)32-22(23,24)25/h3-6,11-13H,7-10,26H2,1-2H3,(H,27,28). The average molecular weight is 447 g/mol. The number of rotatable bonds is 4. The summed E-state index contributed by atoms with van der Waals surface area (Å²) in [6.07, 6.45) is -1.30. The lowest BCUT2D eigenvalue weighted by Gasteiger charge is -2.32. The number of nitrogens with two attached hydrogens (primary N) is 1. The van der Waals surface area contributed by atoms with E-state index in [1.165, 1.54) is 11.6 Å². The molecule has 1 aromatic carbocycles. The summed E-state index contributed by atoms with van der Waals surface area (Å²) < 4.78 is 41.0. The summed E-state index contributed by atoms with van der Waals surface area (Å²) in [4.78, 5) is 24.4. The minimum absolute atomic E-state index is 0.0433. The number of ether oxygens (including phenoxy) is 1. The molecule has 4 rings (SSSR count). The first kappa shape index (κ1) is 21.8. The SMILES string of the molecule is CN(C)c1ccc2c(C3CCN(C(=O)c4ccc(OC(F)(F)F)cc4N)CC3)c[nH]c2n1. The highest BCUT2D eigenvalue weighted by Gasteiger charge is 2.32. The van der Waals surface area contributed by atoms with Crippen LogP contribution in [0.25, 0.3) is 11.0 Å². The fourth-order valence-electron chi connectivity index (χ4n) is 4.10. The number of amides is 1. The topological polar surface area (TPSA) is 87.5 Å². The van der Waals surface area contributed by atoms with E-state index in [4.69, 9.17) is 5.73 Å². The molecule has 0 spiro atoms. The van der Waals surface area contributed by atoms with Gasteiger partial charge < -0.3 is 25.3 Å². The summed E-state index contributed by atoms with van der Waals surface area (Å²) >= 11 is 0. The minimum atomic E-state index is -4.81. The molecule has 3 aromatic rings. The van der Waals surface area contributed by atoms with E-state index in [2.05, 4.69) is 20.8 Å². The van der Waals surface area contributed by atoms with Gasteiger partial charge in [-0.3, -0.25) is 4.79 Å². The first-order valence-corrected chi connectivity index (χ1v) is 10.2. The third-order valence-corrected chi connectivity index (χ3v) is 5.72. The Balaban J connectivity index is 1.44. The van der Waals surface area contributed by atoms with Crippen LogP contribution in [0.5, 0.6) is 5.75 Å². The molecule has 1 aliphatic heterocycles. The largest absolute Gasteiger partial charge is 0.573 e. The monoisotopic (exact) mass is 447 g/mol. The zero-order chi connectivity index (χ0) is 23.0. The lowest BCUT2D eigenvalue weighted by Crippen LogP contribution is -2.38. The van der Waals surface area contributed by atoms with E-state index in [1.807, 2.05) is 31.3 Å². The average Bonchev–Trinajstić information content (AvgIpc) is 3.15. The van der Waals surface area contributed by atoms with Gasteiger partial charge in [-0.05, 0) is 48.6 Å².